The molecule has 4 nitrogen and oxygen atoms in total. The summed E-state index contributed by atoms with van der Waals surface area (Å²) < 4.78 is 2.31. The highest BCUT2D eigenvalue weighted by Gasteiger charge is 2.18. The van der Waals surface area contributed by atoms with Gasteiger partial charge in [-0.1, -0.05) is 115 Å². The fraction of sp³-hybridized carbons (Fsp3) is 0. The third-order valence-corrected chi connectivity index (χ3v) is 7.15. The predicted octanol–water partition coefficient (Wildman–Crippen LogP) is 8.96. The fourth-order valence-corrected chi connectivity index (χ4v) is 5.37. The summed E-state index contributed by atoms with van der Waals surface area (Å²) in [6.45, 7) is 0. The molecule has 0 saturated carbocycles. The Balaban J connectivity index is 1.36. The Morgan fingerprint density at radius 2 is 1.20 bits per heavy atom. The number of aromatic nitrogens is 2. The Bertz CT molecular complexity index is 1960. The SMILES string of the molecule is C(=NNc1cc(-c2ccccc2)c2ccccc2n1)c1c(-c2ccccc2)n(-c2ccccc2)c2ccccc12. The molecule has 2 heterocycles. The lowest BCUT2D eigenvalue weighted by atomic mass is 10.0. The minimum atomic E-state index is 0.696. The molecule has 1 N–H and O–H groups in total. The molecule has 0 aliphatic carbocycles. The van der Waals surface area contributed by atoms with Crippen LogP contribution in [-0.4, -0.2) is 15.8 Å². The minimum Gasteiger partial charge on any atom is -0.309 e. The van der Waals surface area contributed by atoms with E-state index in [2.05, 4.69) is 125 Å². The first-order valence-electron chi connectivity index (χ1n) is 13.4. The van der Waals surface area contributed by atoms with E-state index in [0.717, 1.165) is 55.4 Å². The van der Waals surface area contributed by atoms with Gasteiger partial charge in [-0.2, -0.15) is 5.10 Å². The summed E-state index contributed by atoms with van der Waals surface area (Å²) in [5.74, 6) is 0.696. The van der Waals surface area contributed by atoms with Gasteiger partial charge >= 0.3 is 0 Å². The second-order valence-corrected chi connectivity index (χ2v) is 9.62. The molecule has 40 heavy (non-hydrogen) atoms. The zero-order chi connectivity index (χ0) is 26.7. The van der Waals surface area contributed by atoms with Gasteiger partial charge in [-0.15, -0.1) is 0 Å². The van der Waals surface area contributed by atoms with Crippen LogP contribution in [0, 0.1) is 0 Å². The standard InChI is InChI=1S/C36H26N4/c1-4-14-26(15-5-1)31-24-35(38-33-22-12-10-20-29(31)33)39-37-25-32-30-21-11-13-23-34(30)40(28-18-8-3-9-19-28)36(32)27-16-6-2-7-17-27/h1-25H,(H,38,39). The molecular weight excluding hydrogens is 488 g/mol. The molecular formula is C36H26N4. The van der Waals surface area contributed by atoms with Crippen LogP contribution in [0.15, 0.2) is 151 Å². The first kappa shape index (κ1) is 23.6. The van der Waals surface area contributed by atoms with Crippen molar-refractivity contribution < 1.29 is 0 Å². The van der Waals surface area contributed by atoms with Gasteiger partial charge in [0.1, 0.15) is 5.82 Å². The Morgan fingerprint density at radius 1 is 0.600 bits per heavy atom. The second-order valence-electron chi connectivity index (χ2n) is 9.62. The predicted molar refractivity (Wildman–Crippen MR) is 167 cm³/mol. The summed E-state index contributed by atoms with van der Waals surface area (Å²) in [6.07, 6.45) is 1.92. The molecule has 0 unspecified atom stereocenters. The number of benzene rings is 5. The van der Waals surface area contributed by atoms with Gasteiger partial charge < -0.3 is 4.57 Å². The third-order valence-electron chi connectivity index (χ3n) is 7.15. The summed E-state index contributed by atoms with van der Waals surface area (Å²) in [5.41, 5.74) is 11.9. The molecule has 0 amide bonds. The number of nitrogens with zero attached hydrogens (tertiary/aromatic N) is 3. The number of fused-ring (bicyclic) bond motifs is 2. The van der Waals surface area contributed by atoms with Crippen LogP contribution in [0.5, 0.6) is 0 Å². The average molecular weight is 515 g/mol. The average Bonchev–Trinajstić information content (AvgIpc) is 3.36. The Hall–Kier alpha value is -5.48. The van der Waals surface area contributed by atoms with Gasteiger partial charge in [0, 0.05) is 22.0 Å². The van der Waals surface area contributed by atoms with Crippen LogP contribution in [0.3, 0.4) is 0 Å². The molecule has 0 aliphatic rings. The van der Waals surface area contributed by atoms with Gasteiger partial charge in [0.05, 0.1) is 22.9 Å². The lowest BCUT2D eigenvalue weighted by Gasteiger charge is -2.12. The van der Waals surface area contributed by atoms with Crippen LogP contribution < -0.4 is 5.43 Å². The fourth-order valence-electron chi connectivity index (χ4n) is 5.37. The largest absolute Gasteiger partial charge is 0.309 e. The molecule has 0 fully saturated rings. The smallest absolute Gasteiger partial charge is 0.147 e. The van der Waals surface area contributed by atoms with Crippen molar-refractivity contribution >= 4 is 33.8 Å². The summed E-state index contributed by atoms with van der Waals surface area (Å²) in [6, 6.07) is 50.1. The maximum absolute atomic E-state index is 4.86. The van der Waals surface area contributed by atoms with Crippen molar-refractivity contribution in [2.75, 3.05) is 5.43 Å². The number of anilines is 1. The van der Waals surface area contributed by atoms with Crippen LogP contribution in [0.2, 0.25) is 0 Å². The molecule has 5 aromatic carbocycles. The minimum absolute atomic E-state index is 0.696. The molecule has 0 spiro atoms. The monoisotopic (exact) mass is 514 g/mol. The quantitative estimate of drug-likeness (QED) is 0.178. The number of para-hydroxylation sites is 3. The molecule has 0 saturated heterocycles. The topological polar surface area (TPSA) is 42.2 Å². The van der Waals surface area contributed by atoms with E-state index in [-0.39, 0.29) is 0 Å². The first-order chi connectivity index (χ1) is 19.9. The maximum atomic E-state index is 4.86. The number of pyridine rings is 1. The summed E-state index contributed by atoms with van der Waals surface area (Å²) in [5, 5.41) is 6.99. The molecule has 0 atom stereocenters. The van der Waals surface area contributed by atoms with E-state index >= 15 is 0 Å². The van der Waals surface area contributed by atoms with E-state index in [1.54, 1.807) is 0 Å². The van der Waals surface area contributed by atoms with Crippen molar-refractivity contribution in [2.24, 2.45) is 5.10 Å². The van der Waals surface area contributed by atoms with Crippen LogP contribution in [0.4, 0.5) is 5.82 Å². The van der Waals surface area contributed by atoms with Gasteiger partial charge in [-0.3, -0.25) is 5.43 Å². The van der Waals surface area contributed by atoms with Gasteiger partial charge in [0.2, 0.25) is 0 Å². The van der Waals surface area contributed by atoms with Crippen molar-refractivity contribution in [1.29, 1.82) is 0 Å². The van der Waals surface area contributed by atoms with Crippen molar-refractivity contribution in [3.05, 3.63) is 151 Å². The van der Waals surface area contributed by atoms with Gasteiger partial charge in [-0.25, -0.2) is 4.98 Å². The van der Waals surface area contributed by atoms with Crippen LogP contribution in [-0.2, 0) is 0 Å². The lowest BCUT2D eigenvalue weighted by molar-refractivity contribution is 1.13. The number of hydrogen-bond acceptors (Lipinski definition) is 3. The zero-order valence-corrected chi connectivity index (χ0v) is 21.8. The van der Waals surface area contributed by atoms with E-state index in [1.807, 2.05) is 36.5 Å². The van der Waals surface area contributed by atoms with E-state index in [0.29, 0.717) is 5.82 Å². The highest BCUT2D eigenvalue weighted by molar-refractivity contribution is 6.07. The highest BCUT2D eigenvalue weighted by Crippen LogP contribution is 2.36. The summed E-state index contributed by atoms with van der Waals surface area (Å²) >= 11 is 0. The van der Waals surface area contributed by atoms with Crippen molar-refractivity contribution in [3.8, 4) is 28.1 Å². The molecule has 0 aliphatic heterocycles. The number of rotatable bonds is 6. The number of hydrazone groups is 1. The van der Waals surface area contributed by atoms with E-state index in [9.17, 15) is 0 Å². The molecule has 4 heteroatoms. The second kappa shape index (κ2) is 10.4. The number of hydrogen-bond donors (Lipinski definition) is 1. The van der Waals surface area contributed by atoms with Gasteiger partial charge in [-0.05, 0) is 47.0 Å². The Morgan fingerprint density at radius 3 is 1.95 bits per heavy atom. The molecule has 190 valence electrons. The maximum Gasteiger partial charge on any atom is 0.147 e. The molecule has 7 rings (SSSR count). The molecule has 0 radical (unpaired) electrons. The highest BCUT2D eigenvalue weighted by atomic mass is 15.3. The normalized spacial score (nSPS) is 11.4. The summed E-state index contributed by atoms with van der Waals surface area (Å²) in [7, 11) is 0. The first-order valence-corrected chi connectivity index (χ1v) is 13.4. The third kappa shape index (κ3) is 4.32. The van der Waals surface area contributed by atoms with Gasteiger partial charge in [0.15, 0.2) is 0 Å². The van der Waals surface area contributed by atoms with E-state index < -0.39 is 0 Å². The van der Waals surface area contributed by atoms with Crippen LogP contribution in [0.1, 0.15) is 5.56 Å². The van der Waals surface area contributed by atoms with Gasteiger partial charge in [0.25, 0.3) is 0 Å². The Kier molecular flexibility index (Phi) is 6.11. The lowest BCUT2D eigenvalue weighted by Crippen LogP contribution is -1.99. The van der Waals surface area contributed by atoms with Crippen molar-refractivity contribution in [3.63, 3.8) is 0 Å². The van der Waals surface area contributed by atoms with E-state index in [1.165, 1.54) is 0 Å². The molecule has 7 aromatic rings. The van der Waals surface area contributed by atoms with Crippen molar-refractivity contribution in [1.82, 2.24) is 9.55 Å². The van der Waals surface area contributed by atoms with Crippen LogP contribution >= 0.6 is 0 Å². The Labute approximate surface area is 232 Å². The number of nitrogens with one attached hydrogen (secondary N) is 1. The summed E-state index contributed by atoms with van der Waals surface area (Å²) in [4.78, 5) is 4.86. The van der Waals surface area contributed by atoms with Crippen LogP contribution in [0.25, 0.3) is 49.9 Å². The molecule has 0 bridgehead atoms. The molecule has 2 aromatic heterocycles. The van der Waals surface area contributed by atoms with E-state index in [4.69, 9.17) is 10.1 Å². The van der Waals surface area contributed by atoms with Crippen molar-refractivity contribution in [2.45, 2.75) is 0 Å². The zero-order valence-electron chi connectivity index (χ0n) is 21.8.